The Hall–Kier alpha value is -1.92. The third-order valence-corrected chi connectivity index (χ3v) is 3.42. The molecule has 0 radical (unpaired) electrons. The van der Waals surface area contributed by atoms with Crippen LogP contribution in [0.1, 0.15) is 10.4 Å². The first-order valence-electron chi connectivity index (χ1n) is 5.78. The van der Waals surface area contributed by atoms with Crippen molar-refractivity contribution in [2.75, 3.05) is 7.05 Å². The molecule has 0 bridgehead atoms. The summed E-state index contributed by atoms with van der Waals surface area (Å²) in [5.74, 6) is 0.674. The Morgan fingerprint density at radius 3 is 2.89 bits per heavy atom. The molecule has 0 unspecified atom stereocenters. The van der Waals surface area contributed by atoms with Crippen molar-refractivity contribution in [3.8, 4) is 5.75 Å². The van der Waals surface area contributed by atoms with Gasteiger partial charge in [0.2, 0.25) is 0 Å². The fraction of sp³-hybridized carbons (Fsp3) is 0.231. The van der Waals surface area contributed by atoms with E-state index in [4.69, 9.17) is 4.74 Å². The summed E-state index contributed by atoms with van der Waals surface area (Å²) >= 11 is 1.62. The second kappa shape index (κ2) is 6.31. The van der Waals surface area contributed by atoms with Gasteiger partial charge in [0.05, 0.1) is 4.92 Å². The smallest absolute Gasteiger partial charge is 0.270 e. The number of nitro benzene ring substituents is 1. The van der Waals surface area contributed by atoms with Crippen LogP contribution in [0.25, 0.3) is 0 Å². The number of non-ortho nitro benzene ring substituents is 1. The Bertz CT molecular complexity index is 555. The number of hydrogen-bond acceptors (Lipinski definition) is 5. The lowest BCUT2D eigenvalue weighted by Crippen LogP contribution is -2.08. The van der Waals surface area contributed by atoms with Crippen molar-refractivity contribution in [3.63, 3.8) is 0 Å². The summed E-state index contributed by atoms with van der Waals surface area (Å²) in [4.78, 5) is 11.5. The zero-order valence-corrected chi connectivity index (χ0v) is 11.3. The summed E-state index contributed by atoms with van der Waals surface area (Å²) < 4.78 is 5.72. The van der Waals surface area contributed by atoms with E-state index in [9.17, 15) is 10.1 Å². The van der Waals surface area contributed by atoms with E-state index in [1.807, 2.05) is 17.5 Å². The zero-order chi connectivity index (χ0) is 13.7. The molecule has 1 aromatic carbocycles. The number of hydrogen-bond donors (Lipinski definition) is 1. The summed E-state index contributed by atoms with van der Waals surface area (Å²) in [6, 6.07) is 8.61. The van der Waals surface area contributed by atoms with Crippen molar-refractivity contribution >= 4 is 17.0 Å². The van der Waals surface area contributed by atoms with Gasteiger partial charge >= 0.3 is 0 Å². The summed E-state index contributed by atoms with van der Waals surface area (Å²) in [5, 5.41) is 15.7. The van der Waals surface area contributed by atoms with Gasteiger partial charge in [-0.25, -0.2) is 0 Å². The summed E-state index contributed by atoms with van der Waals surface area (Å²) in [6.45, 7) is 1.01. The normalized spacial score (nSPS) is 10.4. The van der Waals surface area contributed by atoms with Gasteiger partial charge in [-0.3, -0.25) is 10.1 Å². The van der Waals surface area contributed by atoms with E-state index in [-0.39, 0.29) is 5.69 Å². The van der Waals surface area contributed by atoms with Crippen LogP contribution >= 0.6 is 11.3 Å². The molecular weight excluding hydrogens is 264 g/mol. The van der Waals surface area contributed by atoms with Gasteiger partial charge in [-0.1, -0.05) is 6.07 Å². The number of nitrogens with zero attached hydrogens (tertiary/aromatic N) is 1. The van der Waals surface area contributed by atoms with Crippen LogP contribution in [0.5, 0.6) is 5.75 Å². The highest BCUT2D eigenvalue weighted by Gasteiger charge is 2.11. The van der Waals surface area contributed by atoms with Crippen molar-refractivity contribution in [1.82, 2.24) is 5.32 Å². The Balaban J connectivity index is 2.16. The highest BCUT2D eigenvalue weighted by molar-refractivity contribution is 7.09. The van der Waals surface area contributed by atoms with Crippen molar-refractivity contribution in [2.24, 2.45) is 0 Å². The fourth-order valence-electron chi connectivity index (χ4n) is 1.69. The van der Waals surface area contributed by atoms with Crippen molar-refractivity contribution < 1.29 is 9.66 Å². The van der Waals surface area contributed by atoms with Crippen LogP contribution in [0.2, 0.25) is 0 Å². The first-order valence-corrected chi connectivity index (χ1v) is 6.66. The van der Waals surface area contributed by atoms with E-state index < -0.39 is 4.92 Å². The maximum absolute atomic E-state index is 10.8. The van der Waals surface area contributed by atoms with Crippen LogP contribution < -0.4 is 10.1 Å². The number of ether oxygens (including phenoxy) is 1. The molecule has 100 valence electrons. The first-order chi connectivity index (χ1) is 9.20. The summed E-state index contributed by atoms with van der Waals surface area (Å²) in [5.41, 5.74) is 0.863. The topological polar surface area (TPSA) is 64.4 Å². The minimum Gasteiger partial charge on any atom is -0.488 e. The molecule has 0 atom stereocenters. The van der Waals surface area contributed by atoms with E-state index in [1.54, 1.807) is 30.5 Å². The molecule has 0 fully saturated rings. The lowest BCUT2D eigenvalue weighted by atomic mass is 10.1. The molecular formula is C13H14N2O3S. The van der Waals surface area contributed by atoms with Gasteiger partial charge in [0.1, 0.15) is 12.4 Å². The molecule has 1 N–H and O–H groups in total. The Morgan fingerprint density at radius 2 is 2.26 bits per heavy atom. The van der Waals surface area contributed by atoms with Crippen LogP contribution in [0, 0.1) is 10.1 Å². The van der Waals surface area contributed by atoms with E-state index >= 15 is 0 Å². The van der Waals surface area contributed by atoms with Crippen molar-refractivity contribution in [1.29, 1.82) is 0 Å². The molecule has 5 nitrogen and oxygen atoms in total. The predicted octanol–water partition coefficient (Wildman–Crippen LogP) is 2.95. The number of rotatable bonds is 6. The molecule has 0 saturated carbocycles. The van der Waals surface area contributed by atoms with Gasteiger partial charge in [0.15, 0.2) is 0 Å². The Kier molecular flexibility index (Phi) is 4.48. The summed E-state index contributed by atoms with van der Waals surface area (Å²) in [6.07, 6.45) is 0. The van der Waals surface area contributed by atoms with Crippen molar-refractivity contribution in [2.45, 2.75) is 13.2 Å². The molecule has 0 amide bonds. The average molecular weight is 278 g/mol. The van der Waals surface area contributed by atoms with Crippen LogP contribution in [0.4, 0.5) is 5.69 Å². The van der Waals surface area contributed by atoms with E-state index in [2.05, 4.69) is 5.32 Å². The average Bonchev–Trinajstić information content (AvgIpc) is 2.90. The summed E-state index contributed by atoms with van der Waals surface area (Å²) in [7, 11) is 1.79. The molecule has 6 heteroatoms. The van der Waals surface area contributed by atoms with Gasteiger partial charge < -0.3 is 10.1 Å². The van der Waals surface area contributed by atoms with Gasteiger partial charge in [-0.15, -0.1) is 11.3 Å². The Labute approximate surface area is 115 Å². The monoisotopic (exact) mass is 278 g/mol. The van der Waals surface area contributed by atoms with Crippen molar-refractivity contribution in [3.05, 3.63) is 56.3 Å². The molecule has 2 rings (SSSR count). The lowest BCUT2D eigenvalue weighted by molar-refractivity contribution is -0.384. The maximum Gasteiger partial charge on any atom is 0.270 e. The molecule has 1 heterocycles. The highest BCUT2D eigenvalue weighted by Crippen LogP contribution is 2.25. The third-order valence-electron chi connectivity index (χ3n) is 2.57. The lowest BCUT2D eigenvalue weighted by Gasteiger charge is -2.10. The molecule has 19 heavy (non-hydrogen) atoms. The molecule has 1 aromatic heterocycles. The minimum absolute atomic E-state index is 0.0775. The van der Waals surface area contributed by atoms with Crippen LogP contribution in [-0.2, 0) is 13.2 Å². The van der Waals surface area contributed by atoms with E-state index in [0.29, 0.717) is 18.9 Å². The minimum atomic E-state index is -0.401. The number of thiophene rings is 1. The largest absolute Gasteiger partial charge is 0.488 e. The van der Waals surface area contributed by atoms with Crippen LogP contribution in [0.3, 0.4) is 0 Å². The molecule has 0 aliphatic carbocycles. The molecule has 0 spiro atoms. The predicted molar refractivity (Wildman–Crippen MR) is 74.5 cm³/mol. The second-order valence-electron chi connectivity index (χ2n) is 3.95. The fourth-order valence-corrected chi connectivity index (χ4v) is 2.31. The number of benzene rings is 1. The molecule has 0 saturated heterocycles. The van der Waals surface area contributed by atoms with E-state index in [0.717, 1.165) is 10.4 Å². The van der Waals surface area contributed by atoms with Gasteiger partial charge in [0.25, 0.3) is 5.69 Å². The molecule has 0 aliphatic heterocycles. The highest BCUT2D eigenvalue weighted by atomic mass is 32.1. The number of nitro groups is 1. The molecule has 2 aromatic rings. The maximum atomic E-state index is 10.8. The van der Waals surface area contributed by atoms with E-state index in [1.165, 1.54) is 6.07 Å². The second-order valence-corrected chi connectivity index (χ2v) is 4.98. The first kappa shape index (κ1) is 13.5. The zero-order valence-electron chi connectivity index (χ0n) is 10.5. The SMILES string of the molecule is CNCc1cc([N+](=O)[O-])ccc1OCc1cccs1. The Morgan fingerprint density at radius 1 is 1.42 bits per heavy atom. The van der Waals surface area contributed by atoms with Crippen LogP contribution in [-0.4, -0.2) is 12.0 Å². The number of nitrogens with one attached hydrogen (secondary N) is 1. The standard InChI is InChI=1S/C13H14N2O3S/c1-14-8-10-7-11(15(16)17)4-5-13(10)18-9-12-3-2-6-19-12/h2-7,14H,8-9H2,1H3. The van der Waals surface area contributed by atoms with Gasteiger partial charge in [-0.2, -0.15) is 0 Å². The van der Waals surface area contributed by atoms with Gasteiger partial charge in [-0.05, 0) is 24.6 Å². The van der Waals surface area contributed by atoms with Gasteiger partial charge in [0, 0.05) is 29.1 Å². The quantitative estimate of drug-likeness (QED) is 0.651. The molecule has 0 aliphatic rings. The third kappa shape index (κ3) is 3.52. The van der Waals surface area contributed by atoms with Crippen LogP contribution in [0.15, 0.2) is 35.7 Å².